The smallest absolute Gasteiger partial charge is 0.267 e. The molecule has 0 aromatic heterocycles. The van der Waals surface area contributed by atoms with Gasteiger partial charge in [-0.25, -0.2) is 0 Å². The summed E-state index contributed by atoms with van der Waals surface area (Å²) in [5.41, 5.74) is 0. The Balaban J connectivity index is 3.80. The quantitative estimate of drug-likeness (QED) is 0.487. The maximum atomic E-state index is 10.9. The van der Waals surface area contributed by atoms with Crippen molar-refractivity contribution in [1.29, 1.82) is 0 Å². The van der Waals surface area contributed by atoms with Gasteiger partial charge in [-0.1, -0.05) is 6.08 Å². The summed E-state index contributed by atoms with van der Waals surface area (Å²) in [5.74, 6) is -0.154. The molecule has 0 bridgehead atoms. The van der Waals surface area contributed by atoms with Crippen LogP contribution >= 0.6 is 0 Å². The van der Waals surface area contributed by atoms with Crippen molar-refractivity contribution in [2.24, 2.45) is 0 Å². The van der Waals surface area contributed by atoms with E-state index in [1.165, 1.54) is 13.0 Å². The lowest BCUT2D eigenvalue weighted by molar-refractivity contribution is 0.190. The molecule has 1 atom stereocenters. The van der Waals surface area contributed by atoms with Crippen LogP contribution in [0, 0.1) is 0 Å². The van der Waals surface area contributed by atoms with Crippen LogP contribution in [0.2, 0.25) is 0 Å². The van der Waals surface area contributed by atoms with Crippen LogP contribution in [-0.4, -0.2) is 32.0 Å². The molecule has 0 aromatic rings. The van der Waals surface area contributed by atoms with Crippen molar-refractivity contribution < 1.29 is 17.7 Å². The first-order valence-corrected chi connectivity index (χ1v) is 5.21. The highest BCUT2D eigenvalue weighted by atomic mass is 32.2. The molecule has 4 nitrogen and oxygen atoms in total. The first-order chi connectivity index (χ1) is 5.48. The molecular formula is C7H14O4S. The van der Waals surface area contributed by atoms with Gasteiger partial charge in [0.15, 0.2) is 0 Å². The molecule has 0 saturated carbocycles. The van der Waals surface area contributed by atoms with Gasteiger partial charge in [-0.3, -0.25) is 4.18 Å². The third-order valence-corrected chi connectivity index (χ3v) is 2.38. The van der Waals surface area contributed by atoms with Gasteiger partial charge in [0, 0.05) is 0 Å². The van der Waals surface area contributed by atoms with E-state index in [-0.39, 0.29) is 18.8 Å². The molecule has 72 valence electrons. The van der Waals surface area contributed by atoms with E-state index in [0.717, 1.165) is 0 Å². The molecule has 12 heavy (non-hydrogen) atoms. The molecule has 0 aliphatic rings. The Labute approximate surface area is 73.0 Å². The van der Waals surface area contributed by atoms with E-state index in [1.807, 2.05) is 0 Å². The SMILES string of the molecule is C=CCOS(=O)(=O)CCC(C)O. The van der Waals surface area contributed by atoms with Crippen molar-refractivity contribution >= 4 is 10.1 Å². The molecular weight excluding hydrogens is 180 g/mol. The lowest BCUT2D eigenvalue weighted by atomic mass is 10.3. The zero-order chi connectivity index (χ0) is 9.61. The zero-order valence-electron chi connectivity index (χ0n) is 7.06. The highest BCUT2D eigenvalue weighted by Crippen LogP contribution is 1.99. The summed E-state index contributed by atoms with van der Waals surface area (Å²) in [7, 11) is -3.47. The minimum atomic E-state index is -3.47. The van der Waals surface area contributed by atoms with E-state index in [9.17, 15) is 8.42 Å². The molecule has 0 fully saturated rings. The van der Waals surface area contributed by atoms with Gasteiger partial charge in [-0.15, -0.1) is 6.58 Å². The van der Waals surface area contributed by atoms with Crippen LogP contribution in [-0.2, 0) is 14.3 Å². The zero-order valence-corrected chi connectivity index (χ0v) is 7.88. The van der Waals surface area contributed by atoms with Gasteiger partial charge < -0.3 is 5.11 Å². The number of aliphatic hydroxyl groups is 1. The van der Waals surface area contributed by atoms with Gasteiger partial charge in [0.05, 0.1) is 18.5 Å². The average molecular weight is 194 g/mol. The number of aliphatic hydroxyl groups excluding tert-OH is 1. The molecule has 0 saturated heterocycles. The second-order valence-corrected chi connectivity index (χ2v) is 4.23. The second kappa shape index (κ2) is 5.29. The van der Waals surface area contributed by atoms with Crippen LogP contribution in [0.5, 0.6) is 0 Å². The fraction of sp³-hybridized carbons (Fsp3) is 0.714. The van der Waals surface area contributed by atoms with E-state index >= 15 is 0 Å². The second-order valence-electron chi connectivity index (χ2n) is 2.47. The Morgan fingerprint density at radius 1 is 1.67 bits per heavy atom. The van der Waals surface area contributed by atoms with Crippen molar-refractivity contribution in [2.75, 3.05) is 12.4 Å². The number of hydrogen-bond donors (Lipinski definition) is 1. The van der Waals surface area contributed by atoms with E-state index in [0.29, 0.717) is 0 Å². The third kappa shape index (κ3) is 6.33. The molecule has 0 rings (SSSR count). The molecule has 0 aliphatic heterocycles. The standard InChI is InChI=1S/C7H14O4S/c1-3-5-11-12(9,10)6-4-7(2)8/h3,7-8H,1,4-6H2,2H3. The van der Waals surface area contributed by atoms with Crippen LogP contribution in [0.3, 0.4) is 0 Å². The lowest BCUT2D eigenvalue weighted by Crippen LogP contribution is -2.14. The minimum Gasteiger partial charge on any atom is -0.393 e. The van der Waals surface area contributed by atoms with Gasteiger partial charge >= 0.3 is 0 Å². The number of rotatable bonds is 6. The molecule has 5 heteroatoms. The van der Waals surface area contributed by atoms with Crippen LogP contribution in [0.15, 0.2) is 12.7 Å². The Hall–Kier alpha value is -0.390. The third-order valence-electron chi connectivity index (χ3n) is 1.15. The molecule has 0 radical (unpaired) electrons. The first-order valence-electron chi connectivity index (χ1n) is 3.64. The van der Waals surface area contributed by atoms with Crippen molar-refractivity contribution in [3.05, 3.63) is 12.7 Å². The van der Waals surface area contributed by atoms with Crippen molar-refractivity contribution in [1.82, 2.24) is 0 Å². The maximum absolute atomic E-state index is 10.9. The summed E-state index contributed by atoms with van der Waals surface area (Å²) in [6.45, 7) is 4.84. The molecule has 0 aliphatic carbocycles. The van der Waals surface area contributed by atoms with E-state index in [4.69, 9.17) is 5.11 Å². The summed E-state index contributed by atoms with van der Waals surface area (Å²) in [6, 6.07) is 0. The molecule has 0 heterocycles. The number of hydrogen-bond acceptors (Lipinski definition) is 4. The van der Waals surface area contributed by atoms with Gasteiger partial charge in [0.2, 0.25) is 0 Å². The largest absolute Gasteiger partial charge is 0.393 e. The Bertz CT molecular complexity index is 218. The van der Waals surface area contributed by atoms with Crippen molar-refractivity contribution in [3.63, 3.8) is 0 Å². The van der Waals surface area contributed by atoms with Crippen molar-refractivity contribution in [3.8, 4) is 0 Å². The van der Waals surface area contributed by atoms with E-state index in [1.54, 1.807) is 0 Å². The van der Waals surface area contributed by atoms with Gasteiger partial charge in [0.1, 0.15) is 0 Å². The van der Waals surface area contributed by atoms with Crippen LogP contribution in [0.25, 0.3) is 0 Å². The lowest BCUT2D eigenvalue weighted by Gasteiger charge is -2.04. The molecule has 0 amide bonds. The van der Waals surface area contributed by atoms with Gasteiger partial charge in [0.25, 0.3) is 10.1 Å². The van der Waals surface area contributed by atoms with Crippen LogP contribution in [0.4, 0.5) is 0 Å². The summed E-state index contributed by atoms with van der Waals surface area (Å²) < 4.78 is 26.3. The topological polar surface area (TPSA) is 63.6 Å². The first kappa shape index (κ1) is 11.6. The van der Waals surface area contributed by atoms with E-state index in [2.05, 4.69) is 10.8 Å². The fourth-order valence-electron chi connectivity index (χ4n) is 0.526. The van der Waals surface area contributed by atoms with Crippen LogP contribution < -0.4 is 0 Å². The highest BCUT2D eigenvalue weighted by Gasteiger charge is 2.11. The van der Waals surface area contributed by atoms with Gasteiger partial charge in [-0.2, -0.15) is 8.42 Å². The van der Waals surface area contributed by atoms with Crippen LogP contribution in [0.1, 0.15) is 13.3 Å². The molecule has 1 N–H and O–H groups in total. The minimum absolute atomic E-state index is 0.0118. The highest BCUT2D eigenvalue weighted by molar-refractivity contribution is 7.86. The molecule has 0 spiro atoms. The normalized spacial score (nSPS) is 14.2. The predicted molar refractivity (Wildman–Crippen MR) is 46.2 cm³/mol. The Morgan fingerprint density at radius 3 is 2.67 bits per heavy atom. The van der Waals surface area contributed by atoms with Gasteiger partial charge in [-0.05, 0) is 13.3 Å². The summed E-state index contributed by atoms with van der Waals surface area (Å²) in [5, 5.41) is 8.80. The Kier molecular flexibility index (Phi) is 5.12. The summed E-state index contributed by atoms with van der Waals surface area (Å²) in [4.78, 5) is 0. The predicted octanol–water partition coefficient (Wildman–Crippen LogP) is 0.290. The molecule has 1 unspecified atom stereocenters. The van der Waals surface area contributed by atoms with E-state index < -0.39 is 16.2 Å². The average Bonchev–Trinajstić information content (AvgIpc) is 1.98. The monoisotopic (exact) mass is 194 g/mol. The summed E-state index contributed by atoms with van der Waals surface area (Å²) >= 11 is 0. The Morgan fingerprint density at radius 2 is 2.25 bits per heavy atom. The van der Waals surface area contributed by atoms with Crippen molar-refractivity contribution in [2.45, 2.75) is 19.4 Å². The molecule has 0 aromatic carbocycles. The summed E-state index contributed by atoms with van der Waals surface area (Å²) in [6.07, 6.45) is 0.937. The fourth-order valence-corrected chi connectivity index (χ4v) is 1.58. The maximum Gasteiger partial charge on any atom is 0.267 e.